The van der Waals surface area contributed by atoms with Gasteiger partial charge in [-0.15, -0.1) is 0 Å². The van der Waals surface area contributed by atoms with Gasteiger partial charge >= 0.3 is 5.97 Å². The van der Waals surface area contributed by atoms with Crippen LogP contribution in [-0.2, 0) is 22.5 Å². The number of hydrogen-bond donors (Lipinski definition) is 1. The van der Waals surface area contributed by atoms with E-state index in [1.165, 1.54) is 24.3 Å². The summed E-state index contributed by atoms with van der Waals surface area (Å²) in [7, 11) is 1.31. The smallest absolute Gasteiger partial charge is 0.337 e. The molecule has 1 aliphatic heterocycles. The monoisotopic (exact) mass is 358 g/mol. The van der Waals surface area contributed by atoms with Gasteiger partial charge in [-0.3, -0.25) is 9.69 Å². The second-order valence-corrected chi connectivity index (χ2v) is 6.37. The molecule has 1 N–H and O–H groups in total. The summed E-state index contributed by atoms with van der Waals surface area (Å²) in [6, 6.07) is 12.9. The zero-order chi connectivity index (χ0) is 17.8. The molecule has 6 heteroatoms. The Morgan fingerprint density at radius 2 is 1.96 bits per heavy atom. The summed E-state index contributed by atoms with van der Waals surface area (Å²) < 4.78 is 4.69. The van der Waals surface area contributed by atoms with Crippen molar-refractivity contribution >= 4 is 29.2 Å². The van der Waals surface area contributed by atoms with Gasteiger partial charge in [-0.2, -0.15) is 0 Å². The number of esters is 1. The number of hydrogen-bond acceptors (Lipinski definition) is 4. The first-order valence-corrected chi connectivity index (χ1v) is 8.41. The number of halogens is 1. The van der Waals surface area contributed by atoms with Gasteiger partial charge in [-0.1, -0.05) is 35.9 Å². The maximum Gasteiger partial charge on any atom is 0.337 e. The van der Waals surface area contributed by atoms with E-state index in [0.29, 0.717) is 16.3 Å². The Morgan fingerprint density at radius 3 is 2.72 bits per heavy atom. The molecule has 0 bridgehead atoms. The van der Waals surface area contributed by atoms with Crippen LogP contribution < -0.4 is 5.32 Å². The molecule has 1 amide bonds. The Bertz CT molecular complexity index is 807. The second kappa shape index (κ2) is 7.68. The molecule has 5 nitrogen and oxygen atoms in total. The fourth-order valence-corrected chi connectivity index (χ4v) is 3.11. The highest BCUT2D eigenvalue weighted by molar-refractivity contribution is 6.33. The summed E-state index contributed by atoms with van der Waals surface area (Å²) in [5.74, 6) is -0.636. The van der Waals surface area contributed by atoms with Crippen molar-refractivity contribution in [3.63, 3.8) is 0 Å². The molecule has 130 valence electrons. The molecule has 0 saturated carbocycles. The van der Waals surface area contributed by atoms with E-state index in [0.717, 1.165) is 19.5 Å². The second-order valence-electron chi connectivity index (χ2n) is 5.96. The van der Waals surface area contributed by atoms with Gasteiger partial charge in [0.15, 0.2) is 0 Å². The molecule has 2 aromatic carbocycles. The Balaban J connectivity index is 1.64. The molecule has 0 spiro atoms. The first-order valence-electron chi connectivity index (χ1n) is 8.03. The van der Waals surface area contributed by atoms with E-state index in [-0.39, 0.29) is 12.5 Å². The highest BCUT2D eigenvalue weighted by Gasteiger charge is 2.19. The number of carbonyl (C=O) groups excluding carboxylic acids is 2. The number of carbonyl (C=O) groups is 2. The largest absolute Gasteiger partial charge is 0.465 e. The average molecular weight is 359 g/mol. The van der Waals surface area contributed by atoms with Gasteiger partial charge in [-0.05, 0) is 35.7 Å². The molecule has 0 fully saturated rings. The van der Waals surface area contributed by atoms with Crippen LogP contribution in [0.3, 0.4) is 0 Å². The van der Waals surface area contributed by atoms with E-state index in [1.807, 2.05) is 12.1 Å². The number of anilines is 1. The van der Waals surface area contributed by atoms with Gasteiger partial charge in [0.25, 0.3) is 0 Å². The van der Waals surface area contributed by atoms with Crippen molar-refractivity contribution in [1.29, 1.82) is 0 Å². The number of benzene rings is 2. The van der Waals surface area contributed by atoms with Crippen LogP contribution in [0.4, 0.5) is 5.69 Å². The molecule has 3 rings (SSSR count). The third-order valence-corrected chi connectivity index (χ3v) is 4.57. The number of methoxy groups -OCH3 is 1. The molecule has 1 heterocycles. The summed E-state index contributed by atoms with van der Waals surface area (Å²) in [6.07, 6.45) is 0.933. The van der Waals surface area contributed by atoms with Crippen LogP contribution in [0.15, 0.2) is 42.5 Å². The van der Waals surface area contributed by atoms with Crippen molar-refractivity contribution in [2.75, 3.05) is 25.5 Å². The average Bonchev–Trinajstić information content (AvgIpc) is 2.62. The zero-order valence-corrected chi connectivity index (χ0v) is 14.7. The van der Waals surface area contributed by atoms with E-state index >= 15 is 0 Å². The number of ether oxygens (including phenoxy) is 1. The topological polar surface area (TPSA) is 58.6 Å². The fourth-order valence-electron chi connectivity index (χ4n) is 2.95. The lowest BCUT2D eigenvalue weighted by Gasteiger charge is -2.28. The van der Waals surface area contributed by atoms with Gasteiger partial charge in [-0.25, -0.2) is 4.79 Å². The number of rotatable bonds is 4. The van der Waals surface area contributed by atoms with Crippen LogP contribution in [0.5, 0.6) is 0 Å². The quantitative estimate of drug-likeness (QED) is 0.853. The molecule has 0 atom stereocenters. The highest BCUT2D eigenvalue weighted by atomic mass is 35.5. The first kappa shape index (κ1) is 17.5. The van der Waals surface area contributed by atoms with Gasteiger partial charge in [0, 0.05) is 13.1 Å². The summed E-state index contributed by atoms with van der Waals surface area (Å²) in [5, 5.41) is 3.16. The standard InChI is InChI=1S/C19H19ClN2O3/c1-25-19(24)14-6-7-16(20)17(10-14)21-18(23)12-22-9-8-13-4-2-3-5-15(13)11-22/h2-7,10H,8-9,11-12H2,1H3,(H,21,23). The van der Waals surface area contributed by atoms with E-state index < -0.39 is 5.97 Å². The molecule has 0 radical (unpaired) electrons. The van der Waals surface area contributed by atoms with E-state index in [9.17, 15) is 9.59 Å². The molecular formula is C19H19ClN2O3. The Labute approximate surface area is 151 Å². The van der Waals surface area contributed by atoms with Crippen LogP contribution >= 0.6 is 11.6 Å². The summed E-state index contributed by atoms with van der Waals surface area (Å²) in [6.45, 7) is 1.85. The number of amides is 1. The van der Waals surface area contributed by atoms with Crippen molar-refractivity contribution in [3.05, 3.63) is 64.2 Å². The number of nitrogens with zero attached hydrogens (tertiary/aromatic N) is 1. The van der Waals surface area contributed by atoms with E-state index in [2.05, 4.69) is 27.1 Å². The number of fused-ring (bicyclic) bond motifs is 1. The summed E-state index contributed by atoms with van der Waals surface area (Å²) in [4.78, 5) is 26.1. The molecule has 1 aliphatic rings. The predicted molar refractivity (Wildman–Crippen MR) is 96.8 cm³/mol. The zero-order valence-electron chi connectivity index (χ0n) is 13.9. The van der Waals surface area contributed by atoms with Crippen molar-refractivity contribution in [1.82, 2.24) is 4.90 Å². The highest BCUT2D eigenvalue weighted by Crippen LogP contribution is 2.24. The maximum absolute atomic E-state index is 12.4. The maximum atomic E-state index is 12.4. The summed E-state index contributed by atoms with van der Waals surface area (Å²) >= 11 is 6.12. The van der Waals surface area contributed by atoms with Crippen LogP contribution in [0.25, 0.3) is 0 Å². The van der Waals surface area contributed by atoms with E-state index in [1.54, 1.807) is 12.1 Å². The minimum absolute atomic E-state index is 0.164. The predicted octanol–water partition coefficient (Wildman–Crippen LogP) is 3.12. The summed E-state index contributed by atoms with van der Waals surface area (Å²) in [5.41, 5.74) is 3.35. The van der Waals surface area contributed by atoms with Gasteiger partial charge in [0.05, 0.1) is 29.9 Å². The van der Waals surface area contributed by atoms with Crippen LogP contribution in [-0.4, -0.2) is 37.0 Å². The minimum atomic E-state index is -0.472. The van der Waals surface area contributed by atoms with Gasteiger partial charge in [0.2, 0.25) is 5.91 Å². The molecular weight excluding hydrogens is 340 g/mol. The van der Waals surface area contributed by atoms with Crippen molar-refractivity contribution in [2.24, 2.45) is 0 Å². The van der Waals surface area contributed by atoms with Crippen molar-refractivity contribution in [2.45, 2.75) is 13.0 Å². The SMILES string of the molecule is COC(=O)c1ccc(Cl)c(NC(=O)CN2CCc3ccccc3C2)c1. The Hall–Kier alpha value is -2.37. The van der Waals surface area contributed by atoms with Gasteiger partial charge in [0.1, 0.15) is 0 Å². The first-order chi connectivity index (χ1) is 12.1. The van der Waals surface area contributed by atoms with Crippen LogP contribution in [0.2, 0.25) is 5.02 Å². The molecule has 25 heavy (non-hydrogen) atoms. The Kier molecular flexibility index (Phi) is 5.36. The lowest BCUT2D eigenvalue weighted by molar-refractivity contribution is -0.117. The number of nitrogens with one attached hydrogen (secondary N) is 1. The molecule has 2 aromatic rings. The third-order valence-electron chi connectivity index (χ3n) is 4.24. The molecule has 0 aromatic heterocycles. The normalized spacial score (nSPS) is 13.8. The Morgan fingerprint density at radius 1 is 1.20 bits per heavy atom. The lowest BCUT2D eigenvalue weighted by atomic mass is 10.00. The van der Waals surface area contributed by atoms with Gasteiger partial charge < -0.3 is 10.1 Å². The lowest BCUT2D eigenvalue weighted by Crippen LogP contribution is -2.37. The molecule has 0 aliphatic carbocycles. The van der Waals surface area contributed by atoms with Crippen molar-refractivity contribution in [3.8, 4) is 0 Å². The molecule has 0 unspecified atom stereocenters. The third kappa shape index (κ3) is 4.18. The fraction of sp³-hybridized carbons (Fsp3) is 0.263. The minimum Gasteiger partial charge on any atom is -0.465 e. The van der Waals surface area contributed by atoms with E-state index in [4.69, 9.17) is 11.6 Å². The molecule has 0 saturated heterocycles. The van der Waals surface area contributed by atoms with Crippen LogP contribution in [0, 0.1) is 0 Å². The van der Waals surface area contributed by atoms with Crippen molar-refractivity contribution < 1.29 is 14.3 Å². The van der Waals surface area contributed by atoms with Crippen LogP contribution in [0.1, 0.15) is 21.5 Å².